The second kappa shape index (κ2) is 44.6. The topological polar surface area (TPSA) is 307 Å². The van der Waals surface area contributed by atoms with Crippen molar-refractivity contribution in [1.29, 1.82) is 0 Å². The summed E-state index contributed by atoms with van der Waals surface area (Å²) < 4.78 is 35.5. The van der Waals surface area contributed by atoms with E-state index in [4.69, 9.17) is 43.1 Å². The van der Waals surface area contributed by atoms with Crippen LogP contribution in [0.15, 0.2) is 0 Å². The van der Waals surface area contributed by atoms with Crippen molar-refractivity contribution in [3.05, 3.63) is 0 Å². The SMILES string of the molecule is CC(=O)CC=O.CC(=O)O.CCCCOC(=O)CC(CC(=O)OCCCC)(OC(C)=O)C(=O)OCCCC.CCCCOC(=O)CC(O)(CC(=O)OCCCC)C(=O)OCCCC.O. The molecule has 0 aliphatic rings. The molecule has 0 saturated carbocycles. The number of carbonyl (C=O) groups is 10. The summed E-state index contributed by atoms with van der Waals surface area (Å²) in [6.45, 7) is 16.2. The molecule has 4 N–H and O–H groups in total. The highest BCUT2D eigenvalue weighted by atomic mass is 16.6. The molecule has 0 aromatic rings. The minimum absolute atomic E-state index is 0. The van der Waals surface area contributed by atoms with E-state index >= 15 is 0 Å². The van der Waals surface area contributed by atoms with E-state index in [-0.39, 0.29) is 57.3 Å². The fourth-order valence-electron chi connectivity index (χ4n) is 4.27. The summed E-state index contributed by atoms with van der Waals surface area (Å²) in [5.74, 6) is -6.65. The van der Waals surface area contributed by atoms with Gasteiger partial charge in [-0.15, -0.1) is 0 Å². The Balaban J connectivity index is -0.000000295. The first-order chi connectivity index (χ1) is 29.7. The van der Waals surface area contributed by atoms with Gasteiger partial charge in [-0.2, -0.15) is 0 Å². The molecule has 0 aliphatic heterocycles. The van der Waals surface area contributed by atoms with Crippen LogP contribution in [0.4, 0.5) is 0 Å². The fourth-order valence-corrected chi connectivity index (χ4v) is 4.27. The van der Waals surface area contributed by atoms with Gasteiger partial charge in [-0.3, -0.25) is 33.6 Å². The fraction of sp³-hybridized carbons (Fsp3) is 0.773. The van der Waals surface area contributed by atoms with E-state index in [9.17, 15) is 48.3 Å². The number of aliphatic carboxylic acids is 1. The molecule has 0 aromatic heterocycles. The minimum atomic E-state index is -2.26. The summed E-state index contributed by atoms with van der Waals surface area (Å²) in [6, 6.07) is 0. The van der Waals surface area contributed by atoms with Crippen LogP contribution in [-0.2, 0) is 81.1 Å². The summed E-state index contributed by atoms with van der Waals surface area (Å²) in [5, 5.41) is 18.0. The molecular weight excluding hydrogens is 848 g/mol. The lowest BCUT2D eigenvalue weighted by molar-refractivity contribution is -0.190. The summed E-state index contributed by atoms with van der Waals surface area (Å²) in [6.07, 6.45) is 7.03. The van der Waals surface area contributed by atoms with Crippen molar-refractivity contribution in [1.82, 2.24) is 0 Å². The number of aldehydes is 1. The first-order valence-corrected chi connectivity index (χ1v) is 21.7. The van der Waals surface area contributed by atoms with Gasteiger partial charge in [-0.1, -0.05) is 80.1 Å². The molecule has 64 heavy (non-hydrogen) atoms. The Morgan fingerprint density at radius 1 is 0.469 bits per heavy atom. The number of hydrogen-bond acceptors (Lipinski definition) is 18. The number of unbranched alkanes of at least 4 members (excludes halogenated alkanes) is 6. The predicted molar refractivity (Wildman–Crippen MR) is 231 cm³/mol. The molecule has 0 bridgehead atoms. The van der Waals surface area contributed by atoms with Crippen LogP contribution in [0.25, 0.3) is 0 Å². The maximum absolute atomic E-state index is 12.7. The number of Topliss-reactive ketones (excluding diaryl/α,β-unsaturated/α-hetero) is 1. The van der Waals surface area contributed by atoms with Gasteiger partial charge in [0.25, 0.3) is 5.97 Å². The molecule has 20 nitrogen and oxygen atoms in total. The maximum Gasteiger partial charge on any atom is 0.351 e. The van der Waals surface area contributed by atoms with Crippen molar-refractivity contribution in [2.24, 2.45) is 0 Å². The number of ketones is 1. The second-order valence-electron chi connectivity index (χ2n) is 14.2. The van der Waals surface area contributed by atoms with Gasteiger partial charge in [-0.25, -0.2) is 9.59 Å². The molecular formula is C44H78O20. The molecule has 0 heterocycles. The first kappa shape index (κ1) is 68.1. The molecule has 0 fully saturated rings. The Labute approximate surface area is 378 Å². The number of ether oxygens (including phenoxy) is 7. The Morgan fingerprint density at radius 3 is 0.969 bits per heavy atom. The standard InChI is InChI=1S/C20H34O8.C18H32O7.C4H6O2.C2H4O2.H2O/c1-5-8-11-25-17(22)14-20(28-16(4)21,19(24)27-13-10-7-3)15-18(23)26-12-9-6-2;1-4-7-10-23-15(19)13-18(22,17(21)25-12-9-6-3)14-16(20)24-11-8-5-2;1-4(6)2-3-5;1-2(3)4;/h5-15H2,1-4H3;22H,4-14H2,1-3H3;3H,2H2,1H3;1H3,(H,3,4);1H2. The zero-order valence-electron chi connectivity index (χ0n) is 39.7. The highest BCUT2D eigenvalue weighted by Gasteiger charge is 2.49. The zero-order chi connectivity index (χ0) is 49.1. The van der Waals surface area contributed by atoms with Crippen LogP contribution < -0.4 is 0 Å². The van der Waals surface area contributed by atoms with Crippen LogP contribution in [-0.4, -0.2) is 126 Å². The summed E-state index contributed by atoms with van der Waals surface area (Å²) in [4.78, 5) is 113. The van der Waals surface area contributed by atoms with E-state index in [0.717, 1.165) is 52.4 Å². The van der Waals surface area contributed by atoms with Gasteiger partial charge in [0.15, 0.2) is 5.60 Å². The van der Waals surface area contributed by atoms with E-state index in [1.54, 1.807) is 0 Å². The summed E-state index contributed by atoms with van der Waals surface area (Å²) >= 11 is 0. The number of rotatable bonds is 31. The van der Waals surface area contributed by atoms with E-state index in [0.29, 0.717) is 44.8 Å². The number of carboxylic acids is 1. The van der Waals surface area contributed by atoms with Crippen LogP contribution in [0.1, 0.15) is 171 Å². The normalized spacial score (nSPS) is 10.2. The van der Waals surface area contributed by atoms with Crippen LogP contribution in [0.2, 0.25) is 0 Å². The third kappa shape index (κ3) is 42.3. The number of esters is 7. The molecule has 0 amide bonds. The lowest BCUT2D eigenvalue weighted by atomic mass is 9.95. The number of hydrogen-bond donors (Lipinski definition) is 2. The van der Waals surface area contributed by atoms with Gasteiger partial charge in [0.2, 0.25) is 5.60 Å². The molecule has 0 spiro atoms. The monoisotopic (exact) mass is 927 g/mol. The molecule has 0 rings (SSSR count). The average Bonchev–Trinajstić information content (AvgIpc) is 3.18. The van der Waals surface area contributed by atoms with Crippen molar-refractivity contribution in [3.8, 4) is 0 Å². The van der Waals surface area contributed by atoms with Crippen molar-refractivity contribution in [2.45, 2.75) is 183 Å². The van der Waals surface area contributed by atoms with Gasteiger partial charge < -0.3 is 53.6 Å². The van der Waals surface area contributed by atoms with E-state index in [1.807, 2.05) is 41.5 Å². The quantitative estimate of drug-likeness (QED) is 0.0302. The Kier molecular flexibility index (Phi) is 47.5. The predicted octanol–water partition coefficient (Wildman–Crippen LogP) is 5.06. The lowest BCUT2D eigenvalue weighted by Gasteiger charge is -2.29. The third-order valence-electron chi connectivity index (χ3n) is 7.70. The van der Waals surface area contributed by atoms with Gasteiger partial charge in [-0.05, 0) is 45.4 Å². The highest BCUT2D eigenvalue weighted by Crippen LogP contribution is 2.26. The molecule has 0 radical (unpaired) electrons. The Morgan fingerprint density at radius 2 is 0.734 bits per heavy atom. The van der Waals surface area contributed by atoms with Crippen LogP contribution in [0, 0.1) is 0 Å². The van der Waals surface area contributed by atoms with E-state index in [1.165, 1.54) is 6.92 Å². The highest BCUT2D eigenvalue weighted by molar-refractivity contribution is 5.92. The lowest BCUT2D eigenvalue weighted by Crippen LogP contribution is -2.48. The number of aliphatic hydroxyl groups is 1. The molecule has 0 saturated heterocycles. The second-order valence-corrected chi connectivity index (χ2v) is 14.2. The Bertz CT molecular complexity index is 1280. The van der Waals surface area contributed by atoms with Gasteiger partial charge in [0.1, 0.15) is 12.1 Å². The molecule has 0 atom stereocenters. The van der Waals surface area contributed by atoms with Crippen molar-refractivity contribution < 1.29 is 96.8 Å². The van der Waals surface area contributed by atoms with Crippen LogP contribution >= 0.6 is 0 Å². The zero-order valence-corrected chi connectivity index (χ0v) is 39.7. The molecule has 374 valence electrons. The maximum atomic E-state index is 12.7. The molecule has 0 aromatic carbocycles. The van der Waals surface area contributed by atoms with Crippen molar-refractivity contribution >= 4 is 59.8 Å². The smallest absolute Gasteiger partial charge is 0.351 e. The van der Waals surface area contributed by atoms with Gasteiger partial charge in [0, 0.05) is 13.8 Å². The van der Waals surface area contributed by atoms with Crippen LogP contribution in [0.5, 0.6) is 0 Å². The summed E-state index contributed by atoms with van der Waals surface area (Å²) in [7, 11) is 0. The largest absolute Gasteiger partial charge is 0.481 e. The summed E-state index contributed by atoms with van der Waals surface area (Å²) in [5.41, 5.74) is -4.35. The molecule has 20 heteroatoms. The van der Waals surface area contributed by atoms with E-state index in [2.05, 4.69) is 0 Å². The van der Waals surface area contributed by atoms with Crippen molar-refractivity contribution in [3.63, 3.8) is 0 Å². The minimum Gasteiger partial charge on any atom is -0.481 e. The van der Waals surface area contributed by atoms with E-state index < -0.39 is 84.6 Å². The van der Waals surface area contributed by atoms with Gasteiger partial charge >= 0.3 is 41.8 Å². The number of carboxylic acid groups (broad SMARTS) is 1. The first-order valence-electron chi connectivity index (χ1n) is 21.7. The van der Waals surface area contributed by atoms with Gasteiger partial charge in [0.05, 0.1) is 71.7 Å². The van der Waals surface area contributed by atoms with Crippen molar-refractivity contribution in [2.75, 3.05) is 39.6 Å². The van der Waals surface area contributed by atoms with Crippen LogP contribution in [0.3, 0.4) is 0 Å². The Hall–Kier alpha value is -4.98. The number of carbonyl (C=O) groups excluding carboxylic acids is 9. The third-order valence-corrected chi connectivity index (χ3v) is 7.70. The average molecular weight is 927 g/mol. The molecule has 0 aliphatic carbocycles. The molecule has 0 unspecified atom stereocenters.